The van der Waals surface area contributed by atoms with Gasteiger partial charge in [0.25, 0.3) is 5.91 Å². The third-order valence-electron chi connectivity index (χ3n) is 5.17. The Morgan fingerprint density at radius 2 is 1.67 bits per heavy atom. The number of pyridine rings is 1. The number of rotatable bonds is 3. The fourth-order valence-electron chi connectivity index (χ4n) is 3.61. The van der Waals surface area contributed by atoms with Crippen LogP contribution in [0.3, 0.4) is 0 Å². The first kappa shape index (κ1) is 17.4. The first-order chi connectivity index (χ1) is 13.2. The number of carbonyl (C=O) groups excluding carboxylic acids is 2. The Labute approximate surface area is 157 Å². The monoisotopic (exact) mass is 369 g/mol. The first-order valence-electron chi connectivity index (χ1n) is 9.36. The van der Waals surface area contributed by atoms with Crippen molar-refractivity contribution >= 4 is 11.9 Å². The van der Waals surface area contributed by atoms with Crippen molar-refractivity contribution in [2.75, 3.05) is 26.2 Å². The summed E-state index contributed by atoms with van der Waals surface area (Å²) in [5, 5.41) is 10.6. The molecule has 0 saturated carbocycles. The van der Waals surface area contributed by atoms with Crippen LogP contribution in [0.2, 0.25) is 0 Å². The van der Waals surface area contributed by atoms with E-state index in [-0.39, 0.29) is 18.0 Å². The molecule has 27 heavy (non-hydrogen) atoms. The molecule has 2 aliphatic rings. The summed E-state index contributed by atoms with van der Waals surface area (Å²) in [5.74, 6) is 0.467. The molecule has 0 radical (unpaired) electrons. The maximum atomic E-state index is 12.6. The molecule has 2 aromatic heterocycles. The van der Waals surface area contributed by atoms with Gasteiger partial charge >= 0.3 is 6.03 Å². The van der Waals surface area contributed by atoms with Crippen LogP contribution in [-0.4, -0.2) is 73.7 Å². The molecule has 0 bridgehead atoms. The lowest BCUT2D eigenvalue weighted by Gasteiger charge is -2.34. The Bertz CT molecular complexity index is 794. The van der Waals surface area contributed by atoms with E-state index in [1.54, 1.807) is 22.9 Å². The zero-order valence-corrected chi connectivity index (χ0v) is 15.1. The molecule has 4 heterocycles. The summed E-state index contributed by atoms with van der Waals surface area (Å²) in [4.78, 5) is 33.1. The van der Waals surface area contributed by atoms with Crippen LogP contribution in [0.5, 0.6) is 0 Å². The number of amides is 3. The van der Waals surface area contributed by atoms with Gasteiger partial charge < -0.3 is 15.1 Å². The topological polar surface area (TPSA) is 96.2 Å². The molecule has 142 valence electrons. The fourth-order valence-corrected chi connectivity index (χ4v) is 3.61. The molecule has 9 nitrogen and oxygen atoms in total. The summed E-state index contributed by atoms with van der Waals surface area (Å²) in [6.45, 7) is 3.10. The van der Waals surface area contributed by atoms with Gasteiger partial charge in [-0.3, -0.25) is 9.36 Å². The van der Waals surface area contributed by atoms with Gasteiger partial charge in [0.05, 0.1) is 0 Å². The molecular weight excluding hydrogens is 346 g/mol. The number of piperidine rings is 1. The van der Waals surface area contributed by atoms with Gasteiger partial charge in [0, 0.05) is 44.0 Å². The minimum atomic E-state index is -0.129. The van der Waals surface area contributed by atoms with Crippen LogP contribution in [0.15, 0.2) is 31.0 Å². The molecule has 0 aliphatic carbocycles. The summed E-state index contributed by atoms with van der Waals surface area (Å²) < 4.78 is 1.65. The van der Waals surface area contributed by atoms with Gasteiger partial charge in [-0.25, -0.2) is 9.78 Å². The lowest BCUT2D eigenvalue weighted by atomic mass is 10.0. The minimum absolute atomic E-state index is 0.0756. The molecule has 9 heteroatoms. The highest BCUT2D eigenvalue weighted by atomic mass is 16.2. The predicted molar refractivity (Wildman–Crippen MR) is 97.4 cm³/mol. The van der Waals surface area contributed by atoms with Crippen molar-refractivity contribution in [3.63, 3.8) is 0 Å². The van der Waals surface area contributed by atoms with E-state index >= 15 is 0 Å². The molecule has 4 rings (SSSR count). The highest BCUT2D eigenvalue weighted by molar-refractivity contribution is 5.94. The smallest absolute Gasteiger partial charge is 0.319 e. The molecule has 1 N–H and O–H groups in total. The Morgan fingerprint density at radius 1 is 1.00 bits per heavy atom. The Kier molecular flexibility index (Phi) is 4.99. The first-order valence-corrected chi connectivity index (χ1v) is 9.36. The Hall–Kier alpha value is -2.97. The molecule has 3 amide bonds. The zero-order chi connectivity index (χ0) is 18.6. The Balaban J connectivity index is 1.32. The van der Waals surface area contributed by atoms with Crippen LogP contribution in [0.4, 0.5) is 4.79 Å². The maximum absolute atomic E-state index is 12.6. The average molecular weight is 369 g/mol. The van der Waals surface area contributed by atoms with Crippen molar-refractivity contribution in [1.29, 1.82) is 0 Å². The highest BCUT2D eigenvalue weighted by Crippen LogP contribution is 2.16. The SMILES string of the molecule is O=C(NC1CCN(C(=O)N2CCCC2)CC1)c1ccnc(-n2cnnc2)c1. The summed E-state index contributed by atoms with van der Waals surface area (Å²) in [7, 11) is 0. The number of hydrogen-bond donors (Lipinski definition) is 1. The van der Waals surface area contributed by atoms with Crippen molar-refractivity contribution < 1.29 is 9.59 Å². The fraction of sp³-hybridized carbons (Fsp3) is 0.500. The largest absolute Gasteiger partial charge is 0.349 e. The van der Waals surface area contributed by atoms with Crippen LogP contribution >= 0.6 is 0 Å². The van der Waals surface area contributed by atoms with E-state index in [1.807, 2.05) is 9.80 Å². The standard InChI is InChI=1S/C18H23N7O2/c26-17(14-3-6-19-16(11-14)25-12-20-21-13-25)22-15-4-9-24(10-5-15)18(27)23-7-1-2-8-23/h3,6,11-13,15H,1-2,4-5,7-10H2,(H,22,26). The number of nitrogens with zero attached hydrogens (tertiary/aromatic N) is 6. The van der Waals surface area contributed by atoms with Gasteiger partial charge in [0.1, 0.15) is 18.5 Å². The molecule has 2 aliphatic heterocycles. The highest BCUT2D eigenvalue weighted by Gasteiger charge is 2.28. The molecule has 0 unspecified atom stereocenters. The molecule has 2 aromatic rings. The van der Waals surface area contributed by atoms with Crippen molar-refractivity contribution in [1.82, 2.24) is 34.9 Å². The summed E-state index contributed by atoms with van der Waals surface area (Å²) in [5.41, 5.74) is 0.546. The van der Waals surface area contributed by atoms with Crippen LogP contribution in [0.25, 0.3) is 5.82 Å². The van der Waals surface area contributed by atoms with E-state index in [0.717, 1.165) is 38.8 Å². The third-order valence-corrected chi connectivity index (χ3v) is 5.17. The van der Waals surface area contributed by atoms with Gasteiger partial charge in [-0.05, 0) is 37.8 Å². The normalized spacial score (nSPS) is 17.9. The number of likely N-dealkylation sites (tertiary alicyclic amines) is 2. The number of aromatic nitrogens is 4. The van der Waals surface area contributed by atoms with Crippen LogP contribution < -0.4 is 5.32 Å². The summed E-state index contributed by atoms with van der Waals surface area (Å²) >= 11 is 0. The van der Waals surface area contributed by atoms with E-state index in [2.05, 4.69) is 20.5 Å². The van der Waals surface area contributed by atoms with E-state index in [1.165, 1.54) is 12.7 Å². The Morgan fingerprint density at radius 3 is 2.37 bits per heavy atom. The molecule has 0 atom stereocenters. The van der Waals surface area contributed by atoms with Crippen LogP contribution in [-0.2, 0) is 0 Å². The van der Waals surface area contributed by atoms with E-state index in [9.17, 15) is 9.59 Å². The van der Waals surface area contributed by atoms with Crippen molar-refractivity contribution in [3.8, 4) is 5.82 Å². The van der Waals surface area contributed by atoms with E-state index < -0.39 is 0 Å². The number of hydrogen-bond acceptors (Lipinski definition) is 5. The van der Waals surface area contributed by atoms with E-state index in [0.29, 0.717) is 24.5 Å². The van der Waals surface area contributed by atoms with Crippen molar-refractivity contribution in [3.05, 3.63) is 36.5 Å². The predicted octanol–water partition coefficient (Wildman–Crippen LogP) is 1.07. The second kappa shape index (κ2) is 7.73. The van der Waals surface area contributed by atoms with Gasteiger partial charge in [0.15, 0.2) is 0 Å². The minimum Gasteiger partial charge on any atom is -0.349 e. The molecular formula is C18H23N7O2. The van der Waals surface area contributed by atoms with Gasteiger partial charge in [-0.15, -0.1) is 10.2 Å². The number of carbonyl (C=O) groups is 2. The maximum Gasteiger partial charge on any atom is 0.319 e. The molecule has 2 saturated heterocycles. The zero-order valence-electron chi connectivity index (χ0n) is 15.1. The second-order valence-corrected chi connectivity index (χ2v) is 6.98. The number of nitrogens with one attached hydrogen (secondary N) is 1. The van der Waals surface area contributed by atoms with Crippen molar-refractivity contribution in [2.24, 2.45) is 0 Å². The van der Waals surface area contributed by atoms with Crippen molar-refractivity contribution in [2.45, 2.75) is 31.7 Å². The average Bonchev–Trinajstić information content (AvgIpc) is 3.42. The third kappa shape index (κ3) is 3.91. The van der Waals surface area contributed by atoms with E-state index in [4.69, 9.17) is 0 Å². The quantitative estimate of drug-likeness (QED) is 0.873. The molecule has 0 aromatic carbocycles. The lowest BCUT2D eigenvalue weighted by Crippen LogP contribution is -2.50. The van der Waals surface area contributed by atoms with Crippen LogP contribution in [0, 0.1) is 0 Å². The number of urea groups is 1. The molecule has 0 spiro atoms. The van der Waals surface area contributed by atoms with Gasteiger partial charge in [-0.2, -0.15) is 0 Å². The summed E-state index contributed by atoms with van der Waals surface area (Å²) in [6.07, 6.45) is 8.42. The van der Waals surface area contributed by atoms with Crippen LogP contribution in [0.1, 0.15) is 36.0 Å². The second-order valence-electron chi connectivity index (χ2n) is 6.98. The van der Waals surface area contributed by atoms with Gasteiger partial charge in [0.2, 0.25) is 0 Å². The van der Waals surface area contributed by atoms with Gasteiger partial charge in [-0.1, -0.05) is 0 Å². The summed E-state index contributed by atoms with van der Waals surface area (Å²) in [6, 6.07) is 3.62. The molecule has 2 fully saturated rings. The lowest BCUT2D eigenvalue weighted by molar-refractivity contribution is 0.0912.